The van der Waals surface area contributed by atoms with Gasteiger partial charge in [0.05, 0.1) is 0 Å². The van der Waals surface area contributed by atoms with Crippen molar-refractivity contribution < 1.29 is 0 Å². The molecule has 0 radical (unpaired) electrons. The van der Waals surface area contributed by atoms with Crippen molar-refractivity contribution in [1.29, 1.82) is 0 Å². The zero-order valence-electron chi connectivity index (χ0n) is 12.8. The van der Waals surface area contributed by atoms with Gasteiger partial charge in [-0.2, -0.15) is 11.8 Å². The van der Waals surface area contributed by atoms with E-state index in [0.717, 1.165) is 13.1 Å². The Morgan fingerprint density at radius 3 is 2.53 bits per heavy atom. The van der Waals surface area contributed by atoms with E-state index in [9.17, 15) is 0 Å². The lowest BCUT2D eigenvalue weighted by Gasteiger charge is -2.33. The second-order valence-electron chi connectivity index (χ2n) is 5.45. The van der Waals surface area contributed by atoms with Crippen molar-refractivity contribution in [2.75, 3.05) is 30.9 Å². The van der Waals surface area contributed by atoms with Crippen molar-refractivity contribution in [3.8, 4) is 0 Å². The van der Waals surface area contributed by atoms with Gasteiger partial charge >= 0.3 is 0 Å². The van der Waals surface area contributed by atoms with E-state index < -0.39 is 0 Å². The summed E-state index contributed by atoms with van der Waals surface area (Å²) in [6, 6.07) is 0. The third-order valence-corrected chi connectivity index (χ3v) is 6.13. The van der Waals surface area contributed by atoms with Crippen LogP contribution in [0.3, 0.4) is 0 Å². The van der Waals surface area contributed by atoms with Gasteiger partial charge < -0.3 is 5.32 Å². The molecule has 1 heterocycles. The molecule has 0 saturated heterocycles. The van der Waals surface area contributed by atoms with Crippen molar-refractivity contribution in [2.45, 2.75) is 52.4 Å². The summed E-state index contributed by atoms with van der Waals surface area (Å²) in [5.74, 6) is 2.55. The number of thioether (sulfide) groups is 2. The molecular formula is C15H30N2S2. The minimum absolute atomic E-state index is 0.466. The van der Waals surface area contributed by atoms with Crippen LogP contribution in [0.15, 0.2) is 4.99 Å². The molecule has 0 aromatic carbocycles. The molecule has 112 valence electrons. The number of aliphatic imine (C=N–C) groups is 1. The molecule has 19 heavy (non-hydrogen) atoms. The van der Waals surface area contributed by atoms with E-state index in [-0.39, 0.29) is 0 Å². The van der Waals surface area contributed by atoms with Crippen molar-refractivity contribution in [1.82, 2.24) is 5.32 Å². The molecule has 0 aliphatic carbocycles. The molecular weight excluding hydrogens is 272 g/mol. The zero-order valence-corrected chi connectivity index (χ0v) is 14.5. The Morgan fingerprint density at radius 1 is 1.21 bits per heavy atom. The number of nitrogens with one attached hydrogen (secondary N) is 1. The monoisotopic (exact) mass is 302 g/mol. The van der Waals surface area contributed by atoms with Crippen molar-refractivity contribution in [2.24, 2.45) is 10.4 Å². The lowest BCUT2D eigenvalue weighted by atomic mass is 9.84. The first-order chi connectivity index (χ1) is 9.26. The highest BCUT2D eigenvalue weighted by atomic mass is 32.2. The molecule has 1 aliphatic heterocycles. The van der Waals surface area contributed by atoms with Gasteiger partial charge in [-0.15, -0.1) is 0 Å². The minimum atomic E-state index is 0.466. The summed E-state index contributed by atoms with van der Waals surface area (Å²) < 4.78 is 0. The van der Waals surface area contributed by atoms with Crippen LogP contribution in [-0.4, -0.2) is 36.0 Å². The van der Waals surface area contributed by atoms with Crippen LogP contribution >= 0.6 is 23.5 Å². The minimum Gasteiger partial charge on any atom is -0.365 e. The molecule has 1 aliphatic rings. The Bertz CT molecular complexity index is 263. The molecule has 0 spiro atoms. The van der Waals surface area contributed by atoms with Crippen LogP contribution in [0, 0.1) is 5.41 Å². The summed E-state index contributed by atoms with van der Waals surface area (Å²) >= 11 is 3.88. The maximum atomic E-state index is 4.74. The third-order valence-electron chi connectivity index (χ3n) is 4.12. The summed E-state index contributed by atoms with van der Waals surface area (Å²) in [5, 5.41) is 4.69. The highest BCUT2D eigenvalue weighted by Gasteiger charge is 2.29. The number of amidine groups is 1. The van der Waals surface area contributed by atoms with E-state index in [0.29, 0.717) is 5.41 Å². The summed E-state index contributed by atoms with van der Waals surface area (Å²) in [4.78, 5) is 4.74. The van der Waals surface area contributed by atoms with Gasteiger partial charge in [0.1, 0.15) is 0 Å². The number of hydrogen-bond acceptors (Lipinski definition) is 4. The zero-order chi connectivity index (χ0) is 14.0. The smallest absolute Gasteiger partial charge is 0.156 e. The van der Waals surface area contributed by atoms with E-state index >= 15 is 0 Å². The number of rotatable bonds is 9. The number of nitrogens with zero attached hydrogens (tertiary/aromatic N) is 1. The standard InChI is InChI=1S/C15H30N2S2/c1-4-15(5-2)12-17-14(19-13-15)16-10-8-6-7-9-11-18-3/h4-13H2,1-3H3,(H,16,17). The normalized spacial score (nSPS) is 18.2. The molecule has 0 atom stereocenters. The maximum absolute atomic E-state index is 4.74. The van der Waals surface area contributed by atoms with Crippen molar-refractivity contribution in [3.63, 3.8) is 0 Å². The Morgan fingerprint density at radius 2 is 1.95 bits per heavy atom. The Balaban J connectivity index is 2.10. The van der Waals surface area contributed by atoms with E-state index in [2.05, 4.69) is 25.4 Å². The Hall–Kier alpha value is 0.170. The molecule has 0 bridgehead atoms. The molecule has 4 heteroatoms. The van der Waals surface area contributed by atoms with Crippen LogP contribution in [0.25, 0.3) is 0 Å². The predicted octanol–water partition coefficient (Wildman–Crippen LogP) is 4.41. The number of unbranched alkanes of at least 4 members (excludes halogenated alkanes) is 3. The van der Waals surface area contributed by atoms with E-state index in [1.54, 1.807) is 0 Å². The van der Waals surface area contributed by atoms with E-state index in [1.807, 2.05) is 23.5 Å². The Kier molecular flexibility index (Phi) is 9.04. The molecule has 1 rings (SSSR count). The van der Waals surface area contributed by atoms with E-state index in [1.165, 1.54) is 55.2 Å². The molecule has 0 fully saturated rings. The van der Waals surface area contributed by atoms with Crippen LogP contribution in [-0.2, 0) is 0 Å². The highest BCUT2D eigenvalue weighted by molar-refractivity contribution is 8.13. The first-order valence-electron chi connectivity index (χ1n) is 7.66. The molecule has 0 amide bonds. The topological polar surface area (TPSA) is 24.4 Å². The largest absolute Gasteiger partial charge is 0.365 e. The predicted molar refractivity (Wildman–Crippen MR) is 92.6 cm³/mol. The second-order valence-corrected chi connectivity index (χ2v) is 7.40. The third kappa shape index (κ3) is 6.44. The van der Waals surface area contributed by atoms with Crippen LogP contribution in [0.2, 0.25) is 0 Å². The lowest BCUT2D eigenvalue weighted by molar-refractivity contribution is 0.318. The molecule has 0 aromatic heterocycles. The van der Waals surface area contributed by atoms with Gasteiger partial charge in [-0.1, -0.05) is 38.5 Å². The first-order valence-corrected chi connectivity index (χ1v) is 10.0. The summed E-state index contributed by atoms with van der Waals surface area (Å²) in [6.45, 7) is 6.71. The molecule has 2 nitrogen and oxygen atoms in total. The van der Waals surface area contributed by atoms with Gasteiger partial charge in [0.15, 0.2) is 5.17 Å². The fourth-order valence-corrected chi connectivity index (χ4v) is 4.05. The van der Waals surface area contributed by atoms with Crippen molar-refractivity contribution >= 4 is 28.7 Å². The molecule has 0 unspecified atom stereocenters. The molecule has 0 aromatic rings. The average Bonchev–Trinajstić information content (AvgIpc) is 2.47. The molecule has 0 saturated carbocycles. The van der Waals surface area contributed by atoms with E-state index in [4.69, 9.17) is 4.99 Å². The summed E-state index contributed by atoms with van der Waals surface area (Å²) in [5.41, 5.74) is 0.466. The highest BCUT2D eigenvalue weighted by Crippen LogP contribution is 2.34. The number of hydrogen-bond donors (Lipinski definition) is 1. The SMILES string of the molecule is CCC1(CC)CN=C(NCCCCCCSC)SC1. The van der Waals surface area contributed by atoms with Gasteiger partial charge in [0.2, 0.25) is 0 Å². The quantitative estimate of drug-likeness (QED) is 0.639. The fourth-order valence-electron chi connectivity index (χ4n) is 2.26. The van der Waals surface area contributed by atoms with Crippen molar-refractivity contribution in [3.05, 3.63) is 0 Å². The fraction of sp³-hybridized carbons (Fsp3) is 0.933. The van der Waals surface area contributed by atoms with Gasteiger partial charge in [0, 0.05) is 18.8 Å². The van der Waals surface area contributed by atoms with Crippen LogP contribution in [0.5, 0.6) is 0 Å². The second kappa shape index (κ2) is 9.98. The summed E-state index contributed by atoms with van der Waals surface area (Å²) in [7, 11) is 0. The van der Waals surface area contributed by atoms with Crippen LogP contribution in [0.4, 0.5) is 0 Å². The van der Waals surface area contributed by atoms with Gasteiger partial charge in [-0.3, -0.25) is 4.99 Å². The lowest BCUT2D eigenvalue weighted by Crippen LogP contribution is -2.34. The molecule has 1 N–H and O–H groups in total. The maximum Gasteiger partial charge on any atom is 0.156 e. The summed E-state index contributed by atoms with van der Waals surface area (Å²) in [6.07, 6.45) is 10.1. The Labute approximate surface area is 128 Å². The first kappa shape index (κ1) is 17.2. The van der Waals surface area contributed by atoms with Crippen LogP contribution in [0.1, 0.15) is 52.4 Å². The van der Waals surface area contributed by atoms with Crippen LogP contribution < -0.4 is 5.32 Å². The van der Waals surface area contributed by atoms with Gasteiger partial charge in [0.25, 0.3) is 0 Å². The van der Waals surface area contributed by atoms with Gasteiger partial charge in [-0.05, 0) is 43.1 Å². The average molecular weight is 303 g/mol. The van der Waals surface area contributed by atoms with Gasteiger partial charge in [-0.25, -0.2) is 0 Å².